The van der Waals surface area contributed by atoms with Gasteiger partial charge in [-0.05, 0) is 48.7 Å². The summed E-state index contributed by atoms with van der Waals surface area (Å²) >= 11 is 1.46. The molecule has 2 aromatic carbocycles. The molecule has 0 bridgehead atoms. The molecule has 0 radical (unpaired) electrons. The van der Waals surface area contributed by atoms with Gasteiger partial charge in [0.1, 0.15) is 6.33 Å². The molecule has 0 amide bonds. The van der Waals surface area contributed by atoms with E-state index in [9.17, 15) is 5.11 Å². The second-order valence-electron chi connectivity index (χ2n) is 6.94. The predicted octanol–water partition coefficient (Wildman–Crippen LogP) is 3.28. The van der Waals surface area contributed by atoms with E-state index in [1.54, 1.807) is 6.33 Å². The lowest BCUT2D eigenvalue weighted by Gasteiger charge is -2.13. The fourth-order valence-electron chi connectivity index (χ4n) is 3.03. The summed E-state index contributed by atoms with van der Waals surface area (Å²) in [5, 5.41) is 19.3. The topological polar surface area (TPSA) is 78.6 Å². The zero-order chi connectivity index (χ0) is 20.2. The molecule has 1 atom stereocenters. The van der Waals surface area contributed by atoms with Crippen molar-refractivity contribution in [3.05, 3.63) is 59.4 Å². The first-order chi connectivity index (χ1) is 14.1. The molecule has 1 unspecified atom stereocenters. The Kier molecular flexibility index (Phi) is 6.03. The van der Waals surface area contributed by atoms with Crippen LogP contribution in [0.3, 0.4) is 0 Å². The number of fused-ring (bicyclic) bond motifs is 1. The molecule has 152 valence electrons. The highest BCUT2D eigenvalue weighted by molar-refractivity contribution is 7.99. The third-order valence-corrected chi connectivity index (χ3v) is 5.65. The van der Waals surface area contributed by atoms with Crippen LogP contribution in [-0.2, 0) is 11.3 Å². The Hall–Kier alpha value is -2.55. The van der Waals surface area contributed by atoms with Crippen LogP contribution in [-0.4, -0.2) is 45.1 Å². The van der Waals surface area contributed by atoms with Gasteiger partial charge in [0.05, 0.1) is 25.0 Å². The van der Waals surface area contributed by atoms with Crippen molar-refractivity contribution < 1.29 is 19.3 Å². The van der Waals surface area contributed by atoms with Crippen LogP contribution in [0.4, 0.5) is 0 Å². The summed E-state index contributed by atoms with van der Waals surface area (Å²) in [5.41, 5.74) is 4.34. The highest BCUT2D eigenvalue weighted by Gasteiger charge is 2.15. The van der Waals surface area contributed by atoms with Crippen LogP contribution in [0.25, 0.3) is 5.69 Å². The Balaban J connectivity index is 1.29. The molecule has 0 spiro atoms. The quantitative estimate of drug-likeness (QED) is 0.568. The highest BCUT2D eigenvalue weighted by atomic mass is 32.2. The highest BCUT2D eigenvalue weighted by Crippen LogP contribution is 2.32. The monoisotopic (exact) mass is 413 g/mol. The summed E-state index contributed by atoms with van der Waals surface area (Å²) in [6.07, 6.45) is 1.09. The van der Waals surface area contributed by atoms with Gasteiger partial charge < -0.3 is 19.3 Å². The molecule has 1 aliphatic heterocycles. The summed E-state index contributed by atoms with van der Waals surface area (Å²) in [5.74, 6) is 1.94. The average Bonchev–Trinajstić information content (AvgIpc) is 3.37. The summed E-state index contributed by atoms with van der Waals surface area (Å²) in [4.78, 5) is 0. The molecule has 1 aromatic heterocycles. The lowest BCUT2D eigenvalue weighted by atomic mass is 10.1. The average molecular weight is 413 g/mol. The minimum absolute atomic E-state index is 0.235. The number of aryl methyl sites for hydroxylation is 2. The number of rotatable bonds is 8. The van der Waals surface area contributed by atoms with Gasteiger partial charge in [-0.3, -0.25) is 4.57 Å². The van der Waals surface area contributed by atoms with Gasteiger partial charge in [0.25, 0.3) is 0 Å². The molecule has 1 N–H and O–H groups in total. The van der Waals surface area contributed by atoms with E-state index in [0.717, 1.165) is 33.5 Å². The van der Waals surface area contributed by atoms with Crippen LogP contribution in [0.5, 0.6) is 11.5 Å². The maximum atomic E-state index is 10.3. The Morgan fingerprint density at radius 1 is 1.17 bits per heavy atom. The summed E-state index contributed by atoms with van der Waals surface area (Å²) < 4.78 is 18.3. The minimum Gasteiger partial charge on any atom is -0.454 e. The van der Waals surface area contributed by atoms with Crippen LogP contribution in [0.15, 0.2) is 47.9 Å². The minimum atomic E-state index is -0.613. The fraction of sp³-hybridized carbons (Fsp3) is 0.333. The number of aliphatic hydroxyl groups excluding tert-OH is 1. The molecule has 0 fully saturated rings. The first-order valence-electron chi connectivity index (χ1n) is 9.35. The Labute approximate surface area is 173 Å². The lowest BCUT2D eigenvalue weighted by molar-refractivity contribution is 0.0397. The van der Waals surface area contributed by atoms with Crippen molar-refractivity contribution in [2.45, 2.75) is 31.7 Å². The summed E-state index contributed by atoms with van der Waals surface area (Å²) in [6.45, 7) is 5.00. The van der Waals surface area contributed by atoms with E-state index < -0.39 is 6.10 Å². The number of thioether (sulfide) groups is 1. The normalized spacial score (nSPS) is 13.6. The third-order valence-electron chi connectivity index (χ3n) is 4.56. The lowest BCUT2D eigenvalue weighted by Crippen LogP contribution is -2.18. The Morgan fingerprint density at radius 2 is 2.03 bits per heavy atom. The van der Waals surface area contributed by atoms with Crippen molar-refractivity contribution in [1.82, 2.24) is 14.8 Å². The SMILES string of the molecule is Cc1ccc(C)c(-n2cnnc2SCC(O)COCc2ccc3c(c2)OCO3)c1. The molecule has 8 heteroatoms. The molecule has 7 nitrogen and oxygen atoms in total. The predicted molar refractivity (Wildman–Crippen MR) is 110 cm³/mol. The van der Waals surface area contributed by atoms with Crippen LogP contribution in [0, 0.1) is 13.8 Å². The molecule has 0 saturated heterocycles. The van der Waals surface area contributed by atoms with E-state index in [0.29, 0.717) is 12.4 Å². The van der Waals surface area contributed by atoms with Crippen molar-refractivity contribution in [3.8, 4) is 17.2 Å². The molecular weight excluding hydrogens is 390 g/mol. The number of aromatic nitrogens is 3. The van der Waals surface area contributed by atoms with E-state index in [-0.39, 0.29) is 13.4 Å². The molecule has 1 aliphatic rings. The van der Waals surface area contributed by atoms with Crippen LogP contribution in [0.2, 0.25) is 0 Å². The molecular formula is C21H23N3O4S. The van der Waals surface area contributed by atoms with Crippen LogP contribution in [0.1, 0.15) is 16.7 Å². The van der Waals surface area contributed by atoms with Gasteiger partial charge in [-0.2, -0.15) is 0 Å². The van der Waals surface area contributed by atoms with Gasteiger partial charge in [-0.25, -0.2) is 0 Å². The molecule has 0 saturated carbocycles. The van der Waals surface area contributed by atoms with Crippen LogP contribution >= 0.6 is 11.8 Å². The third kappa shape index (κ3) is 4.72. The first-order valence-corrected chi connectivity index (χ1v) is 10.3. The maximum Gasteiger partial charge on any atom is 0.231 e. The van der Waals surface area contributed by atoms with Crippen molar-refractivity contribution >= 4 is 11.8 Å². The van der Waals surface area contributed by atoms with Gasteiger partial charge in [0.2, 0.25) is 6.79 Å². The van der Waals surface area contributed by atoms with E-state index in [1.807, 2.05) is 22.8 Å². The Bertz CT molecular complexity index is 992. The molecule has 4 rings (SSSR count). The molecule has 3 aromatic rings. The number of nitrogens with zero attached hydrogens (tertiary/aromatic N) is 3. The van der Waals surface area contributed by atoms with Crippen molar-refractivity contribution in [2.24, 2.45) is 0 Å². The summed E-state index contributed by atoms with van der Waals surface area (Å²) in [7, 11) is 0. The van der Waals surface area contributed by atoms with Crippen LogP contribution < -0.4 is 9.47 Å². The van der Waals surface area contributed by atoms with E-state index >= 15 is 0 Å². The Morgan fingerprint density at radius 3 is 2.93 bits per heavy atom. The van der Waals surface area contributed by atoms with E-state index in [4.69, 9.17) is 14.2 Å². The maximum absolute atomic E-state index is 10.3. The molecule has 0 aliphatic carbocycles. The van der Waals surface area contributed by atoms with Gasteiger partial charge >= 0.3 is 0 Å². The summed E-state index contributed by atoms with van der Waals surface area (Å²) in [6, 6.07) is 12.0. The van der Waals surface area contributed by atoms with E-state index in [2.05, 4.69) is 42.2 Å². The number of ether oxygens (including phenoxy) is 3. The second-order valence-corrected chi connectivity index (χ2v) is 7.93. The largest absolute Gasteiger partial charge is 0.454 e. The van der Waals surface area contributed by atoms with Crippen molar-refractivity contribution in [1.29, 1.82) is 0 Å². The smallest absolute Gasteiger partial charge is 0.231 e. The van der Waals surface area contributed by atoms with Gasteiger partial charge in [-0.1, -0.05) is 30.0 Å². The zero-order valence-corrected chi connectivity index (χ0v) is 17.2. The second kappa shape index (κ2) is 8.86. The number of hydrogen-bond acceptors (Lipinski definition) is 7. The van der Waals surface area contributed by atoms with Crippen molar-refractivity contribution in [3.63, 3.8) is 0 Å². The van der Waals surface area contributed by atoms with Crippen molar-refractivity contribution in [2.75, 3.05) is 19.2 Å². The number of benzene rings is 2. The van der Waals surface area contributed by atoms with Gasteiger partial charge in [-0.15, -0.1) is 10.2 Å². The number of aliphatic hydroxyl groups is 1. The zero-order valence-electron chi connectivity index (χ0n) is 16.4. The van der Waals surface area contributed by atoms with E-state index in [1.165, 1.54) is 17.3 Å². The van der Waals surface area contributed by atoms with Gasteiger partial charge in [0, 0.05) is 5.75 Å². The standard InChI is InChI=1S/C21H23N3O4S/c1-14-3-4-15(2)18(7-14)24-12-22-23-21(24)29-11-17(25)10-26-9-16-5-6-19-20(8-16)28-13-27-19/h3-8,12,17,25H,9-11,13H2,1-2H3. The number of hydrogen-bond donors (Lipinski definition) is 1. The van der Waals surface area contributed by atoms with Gasteiger partial charge in [0.15, 0.2) is 16.7 Å². The fourth-order valence-corrected chi connectivity index (χ4v) is 3.86. The molecule has 2 heterocycles. The molecule has 29 heavy (non-hydrogen) atoms. The first kappa shape index (κ1) is 19.8.